The lowest BCUT2D eigenvalue weighted by Gasteiger charge is -2.39. The van der Waals surface area contributed by atoms with Gasteiger partial charge in [-0.25, -0.2) is 9.18 Å². The minimum atomic E-state index is -2.40. The van der Waals surface area contributed by atoms with Gasteiger partial charge in [-0.2, -0.15) is 5.48 Å². The molecule has 0 fully saturated rings. The van der Waals surface area contributed by atoms with Gasteiger partial charge in [-0.05, 0) is 29.8 Å². The van der Waals surface area contributed by atoms with Crippen molar-refractivity contribution in [1.82, 2.24) is 5.48 Å². The number of aromatic carboxylic acids is 1. The lowest BCUT2D eigenvalue weighted by molar-refractivity contribution is -0.149. The Balaban J connectivity index is 2.84. The first-order valence-electron chi connectivity index (χ1n) is 8.56. The Kier molecular flexibility index (Phi) is 8.09. The molecule has 0 bridgehead atoms. The minimum Gasteiger partial charge on any atom is -0.480 e. The molecule has 7 nitrogen and oxygen atoms in total. The van der Waals surface area contributed by atoms with E-state index in [1.807, 2.05) is 33.9 Å². The molecule has 0 amide bonds. The zero-order valence-corrected chi connectivity index (χ0v) is 17.3. The van der Waals surface area contributed by atoms with Crippen molar-refractivity contribution in [3.63, 3.8) is 0 Å². The summed E-state index contributed by atoms with van der Waals surface area (Å²) in [7, 11) is -2.40. The third kappa shape index (κ3) is 6.38. The lowest BCUT2D eigenvalue weighted by Crippen LogP contribution is -2.54. The molecule has 1 aromatic carbocycles. The second-order valence-electron chi connectivity index (χ2n) is 7.76. The predicted molar refractivity (Wildman–Crippen MR) is 101 cm³/mol. The number of carbonyl (C=O) groups is 2. The van der Waals surface area contributed by atoms with Gasteiger partial charge in [0.15, 0.2) is 14.4 Å². The fraction of sp³-hybridized carbons (Fsp3) is 0.556. The van der Waals surface area contributed by atoms with Crippen molar-refractivity contribution in [2.75, 3.05) is 6.67 Å². The lowest BCUT2D eigenvalue weighted by atomic mass is 10.1. The van der Waals surface area contributed by atoms with E-state index in [0.717, 1.165) is 0 Å². The minimum absolute atomic E-state index is 0.0470. The number of halogens is 1. The molecule has 0 saturated carbocycles. The Hall–Kier alpha value is -1.81. The van der Waals surface area contributed by atoms with Crippen LogP contribution in [0.25, 0.3) is 0 Å². The van der Waals surface area contributed by atoms with E-state index in [4.69, 9.17) is 14.4 Å². The van der Waals surface area contributed by atoms with Crippen LogP contribution >= 0.6 is 0 Å². The van der Waals surface area contributed by atoms with Crippen LogP contribution in [-0.4, -0.2) is 49.3 Å². The van der Waals surface area contributed by atoms with Gasteiger partial charge >= 0.3 is 11.9 Å². The number of hydrogen-bond donors (Lipinski definition) is 3. The molecule has 0 saturated heterocycles. The summed E-state index contributed by atoms with van der Waals surface area (Å²) in [6.07, 6.45) is -1.22. The molecule has 1 rings (SSSR count). The molecule has 3 N–H and O–H groups in total. The standard InChI is InChI=1S/C18H28FNO6Si/c1-18(2,3)27(4,5)26-14(10-19)15(17(23)24)20-25-11-12-8-6-7-9-13(12)16(21)22/h6-9,14-15,20H,10-11H2,1-5H3,(H,21,22)(H,23,24)/t14-,15+/m1/s1. The van der Waals surface area contributed by atoms with Gasteiger partial charge in [0.05, 0.1) is 12.2 Å². The van der Waals surface area contributed by atoms with E-state index in [2.05, 4.69) is 5.48 Å². The van der Waals surface area contributed by atoms with Crippen LogP contribution in [0.2, 0.25) is 18.1 Å². The summed E-state index contributed by atoms with van der Waals surface area (Å²) in [6.45, 7) is 8.53. The Labute approximate surface area is 159 Å². The number of carboxylic acid groups (broad SMARTS) is 2. The molecule has 0 aliphatic carbocycles. The predicted octanol–water partition coefficient (Wildman–Crippen LogP) is 3.22. The molecule has 0 heterocycles. The van der Waals surface area contributed by atoms with Crippen molar-refractivity contribution in [1.29, 1.82) is 0 Å². The average Bonchev–Trinajstić information content (AvgIpc) is 2.55. The van der Waals surface area contributed by atoms with E-state index in [1.54, 1.807) is 18.2 Å². The van der Waals surface area contributed by atoms with Crippen LogP contribution in [0.15, 0.2) is 24.3 Å². The largest absolute Gasteiger partial charge is 0.480 e. The molecule has 9 heteroatoms. The number of hydrogen-bond acceptors (Lipinski definition) is 5. The molecule has 0 unspecified atom stereocenters. The van der Waals surface area contributed by atoms with E-state index in [0.29, 0.717) is 5.56 Å². The zero-order valence-electron chi connectivity index (χ0n) is 16.3. The summed E-state index contributed by atoms with van der Waals surface area (Å²) < 4.78 is 19.5. The number of alkyl halides is 1. The molecular weight excluding hydrogens is 373 g/mol. The van der Waals surface area contributed by atoms with Crippen LogP contribution in [-0.2, 0) is 20.7 Å². The molecule has 0 spiro atoms. The van der Waals surface area contributed by atoms with Crippen molar-refractivity contribution in [3.05, 3.63) is 35.4 Å². The van der Waals surface area contributed by atoms with Gasteiger partial charge in [-0.1, -0.05) is 39.0 Å². The van der Waals surface area contributed by atoms with E-state index in [9.17, 15) is 19.1 Å². The third-order valence-electron chi connectivity index (χ3n) is 4.73. The van der Waals surface area contributed by atoms with Gasteiger partial charge in [0.1, 0.15) is 12.8 Å². The topological polar surface area (TPSA) is 105 Å². The number of aliphatic carboxylic acids is 1. The number of carboxylic acids is 2. The van der Waals surface area contributed by atoms with Gasteiger partial charge in [-0.15, -0.1) is 0 Å². The molecule has 2 atom stereocenters. The number of hydroxylamine groups is 1. The highest BCUT2D eigenvalue weighted by atomic mass is 28.4. The molecule has 0 aromatic heterocycles. The first-order chi connectivity index (χ1) is 12.4. The highest BCUT2D eigenvalue weighted by Gasteiger charge is 2.42. The molecule has 27 heavy (non-hydrogen) atoms. The van der Waals surface area contributed by atoms with Crippen molar-refractivity contribution >= 4 is 20.3 Å². The maximum atomic E-state index is 13.6. The Morgan fingerprint density at radius 3 is 2.30 bits per heavy atom. The van der Waals surface area contributed by atoms with Crippen molar-refractivity contribution in [2.24, 2.45) is 0 Å². The Bertz CT molecular complexity index is 661. The molecule has 0 aliphatic heterocycles. The van der Waals surface area contributed by atoms with Crippen LogP contribution in [0.1, 0.15) is 36.7 Å². The SMILES string of the molecule is CC(C)(C)[Si](C)(C)O[C@H](CF)[C@H](NOCc1ccccc1C(=O)O)C(=O)O. The zero-order chi connectivity index (χ0) is 20.8. The smallest absolute Gasteiger partial charge is 0.336 e. The first-order valence-corrected chi connectivity index (χ1v) is 11.5. The number of rotatable bonds is 10. The molecule has 1 aromatic rings. The molecular formula is C18H28FNO6Si. The fourth-order valence-electron chi connectivity index (χ4n) is 2.09. The van der Waals surface area contributed by atoms with Crippen molar-refractivity contribution in [3.8, 4) is 0 Å². The van der Waals surface area contributed by atoms with Gasteiger partial charge in [0.2, 0.25) is 0 Å². The number of nitrogens with one attached hydrogen (secondary N) is 1. The van der Waals surface area contributed by atoms with E-state index < -0.39 is 39.1 Å². The van der Waals surface area contributed by atoms with Crippen LogP contribution in [0.3, 0.4) is 0 Å². The molecule has 152 valence electrons. The van der Waals surface area contributed by atoms with Gasteiger partial charge in [0, 0.05) is 0 Å². The normalized spacial score (nSPS) is 14.6. The van der Waals surface area contributed by atoms with E-state index in [1.165, 1.54) is 6.07 Å². The van der Waals surface area contributed by atoms with Crippen LogP contribution in [0, 0.1) is 0 Å². The summed E-state index contributed by atoms with van der Waals surface area (Å²) in [4.78, 5) is 28.0. The third-order valence-corrected chi connectivity index (χ3v) is 9.23. The van der Waals surface area contributed by atoms with Gasteiger partial charge in [0.25, 0.3) is 0 Å². The van der Waals surface area contributed by atoms with Crippen molar-refractivity contribution < 1.29 is 33.5 Å². The van der Waals surface area contributed by atoms with Gasteiger partial charge < -0.3 is 14.6 Å². The number of benzene rings is 1. The second kappa shape index (κ2) is 9.40. The van der Waals surface area contributed by atoms with Crippen LogP contribution in [0.5, 0.6) is 0 Å². The summed E-state index contributed by atoms with van der Waals surface area (Å²) in [5.74, 6) is -2.44. The van der Waals surface area contributed by atoms with E-state index in [-0.39, 0.29) is 17.2 Å². The maximum Gasteiger partial charge on any atom is 0.336 e. The first kappa shape index (κ1) is 23.2. The van der Waals surface area contributed by atoms with Gasteiger partial charge in [-0.3, -0.25) is 9.63 Å². The summed E-state index contributed by atoms with van der Waals surface area (Å²) in [6, 6.07) is 4.76. The van der Waals surface area contributed by atoms with Crippen LogP contribution in [0.4, 0.5) is 4.39 Å². The van der Waals surface area contributed by atoms with Crippen LogP contribution < -0.4 is 5.48 Å². The fourth-order valence-corrected chi connectivity index (χ4v) is 3.40. The highest BCUT2D eigenvalue weighted by Crippen LogP contribution is 2.37. The second-order valence-corrected chi connectivity index (χ2v) is 12.5. The highest BCUT2D eigenvalue weighted by molar-refractivity contribution is 6.74. The average molecular weight is 402 g/mol. The quantitative estimate of drug-likeness (QED) is 0.408. The Morgan fingerprint density at radius 1 is 1.22 bits per heavy atom. The molecule has 0 radical (unpaired) electrons. The summed E-state index contributed by atoms with van der Waals surface area (Å²) in [5, 5.41) is 18.4. The van der Waals surface area contributed by atoms with E-state index >= 15 is 0 Å². The Morgan fingerprint density at radius 2 is 1.81 bits per heavy atom. The van der Waals surface area contributed by atoms with Crippen molar-refractivity contribution in [2.45, 2.75) is 57.7 Å². The molecule has 0 aliphatic rings. The monoisotopic (exact) mass is 401 g/mol. The maximum absolute atomic E-state index is 13.6. The summed E-state index contributed by atoms with van der Waals surface area (Å²) >= 11 is 0. The summed E-state index contributed by atoms with van der Waals surface area (Å²) in [5.41, 5.74) is 2.74.